The molecule has 0 unspecified atom stereocenters. The Labute approximate surface area is 215 Å². The molecule has 1 aromatic heterocycles. The van der Waals surface area contributed by atoms with Crippen molar-refractivity contribution in [1.29, 1.82) is 0 Å². The molecule has 6 nitrogen and oxygen atoms in total. The maximum atomic E-state index is 13.6. The monoisotopic (exact) mass is 543 g/mol. The highest BCUT2D eigenvalue weighted by Gasteiger charge is 2.34. The van der Waals surface area contributed by atoms with Gasteiger partial charge in [-0.25, -0.2) is 0 Å². The molecule has 0 atom stereocenters. The third-order valence-electron chi connectivity index (χ3n) is 7.32. The molecule has 0 N–H and O–H groups in total. The number of carbonyl (C=O) groups excluding carboxylic acids is 1. The second-order valence-corrected chi connectivity index (χ2v) is 11.8. The van der Waals surface area contributed by atoms with Gasteiger partial charge >= 0.3 is 0 Å². The highest BCUT2D eigenvalue weighted by Crippen LogP contribution is 2.40. The standard InChI is InChI=1S/C26H34BrN5OS/c27-21-15-11-19(12-16-21)17-28-32-25(20-13-14-20)29-30-26(32)34-18-24(33)31(22-7-3-1-4-8-22)23-9-5-2-6-10-23/h11-12,15-17,20,22-23H,1-10,13-14,18H2/b28-17-. The largest absolute Gasteiger partial charge is 0.336 e. The zero-order chi connectivity index (χ0) is 23.3. The molecule has 0 aliphatic heterocycles. The number of rotatable bonds is 8. The van der Waals surface area contributed by atoms with Crippen molar-refractivity contribution in [1.82, 2.24) is 19.8 Å². The minimum atomic E-state index is 0.267. The Morgan fingerprint density at radius 1 is 0.971 bits per heavy atom. The normalized spacial score (nSPS) is 20.1. The quantitative estimate of drug-likeness (QED) is 0.286. The molecular weight excluding hydrogens is 510 g/mol. The van der Waals surface area contributed by atoms with Crippen molar-refractivity contribution in [3.63, 3.8) is 0 Å². The Morgan fingerprint density at radius 2 is 1.59 bits per heavy atom. The Bertz CT molecular complexity index is 973. The summed E-state index contributed by atoms with van der Waals surface area (Å²) < 4.78 is 2.91. The van der Waals surface area contributed by atoms with E-state index in [4.69, 9.17) is 5.10 Å². The SMILES string of the molecule is O=C(CSc1nnc(C2CC2)n1/N=C\c1ccc(Br)cc1)N(C1CCCCC1)C1CCCCC1. The van der Waals surface area contributed by atoms with Gasteiger partial charge in [-0.1, -0.05) is 78.3 Å². The number of benzene rings is 1. The zero-order valence-corrected chi connectivity index (χ0v) is 22.1. The van der Waals surface area contributed by atoms with Crippen LogP contribution >= 0.6 is 27.7 Å². The van der Waals surface area contributed by atoms with Gasteiger partial charge in [0.15, 0.2) is 5.82 Å². The maximum absolute atomic E-state index is 13.6. The molecular formula is C26H34BrN5OS. The average molecular weight is 545 g/mol. The van der Waals surface area contributed by atoms with E-state index in [1.54, 1.807) is 0 Å². The molecule has 8 heteroatoms. The van der Waals surface area contributed by atoms with Gasteiger partial charge in [-0.3, -0.25) is 4.79 Å². The van der Waals surface area contributed by atoms with E-state index in [0.29, 0.717) is 23.8 Å². The van der Waals surface area contributed by atoms with Crippen LogP contribution in [0.15, 0.2) is 39.0 Å². The summed E-state index contributed by atoms with van der Waals surface area (Å²) in [6, 6.07) is 8.90. The lowest BCUT2D eigenvalue weighted by molar-refractivity contribution is -0.135. The number of halogens is 1. The summed E-state index contributed by atoms with van der Waals surface area (Å²) in [5, 5.41) is 14.4. The number of nitrogens with zero attached hydrogens (tertiary/aromatic N) is 5. The van der Waals surface area contributed by atoms with Gasteiger partial charge in [0.25, 0.3) is 0 Å². The van der Waals surface area contributed by atoms with Crippen LogP contribution in [0.4, 0.5) is 0 Å². The fourth-order valence-electron chi connectivity index (χ4n) is 5.37. The van der Waals surface area contributed by atoms with E-state index < -0.39 is 0 Å². The van der Waals surface area contributed by atoms with Crippen LogP contribution in [0.1, 0.15) is 94.4 Å². The number of carbonyl (C=O) groups is 1. The fourth-order valence-corrected chi connectivity index (χ4v) is 6.40. The molecule has 3 saturated carbocycles. The van der Waals surface area contributed by atoms with Crippen molar-refractivity contribution in [3.8, 4) is 0 Å². The topological polar surface area (TPSA) is 63.4 Å². The Kier molecular flexibility index (Phi) is 8.05. The smallest absolute Gasteiger partial charge is 0.233 e. The fraction of sp³-hybridized carbons (Fsp3) is 0.615. The first kappa shape index (κ1) is 24.0. The van der Waals surface area contributed by atoms with E-state index in [1.807, 2.05) is 35.2 Å². The summed E-state index contributed by atoms with van der Waals surface area (Å²) in [7, 11) is 0. The molecule has 1 aromatic carbocycles. The van der Waals surface area contributed by atoms with Crippen molar-refractivity contribution < 1.29 is 4.79 Å². The first-order chi connectivity index (χ1) is 16.7. The van der Waals surface area contributed by atoms with Crippen LogP contribution in [0.2, 0.25) is 0 Å². The van der Waals surface area contributed by atoms with Crippen LogP contribution in [0.25, 0.3) is 0 Å². The van der Waals surface area contributed by atoms with Crippen LogP contribution in [0.5, 0.6) is 0 Å². The third kappa shape index (κ3) is 5.93. The van der Waals surface area contributed by atoms with E-state index in [2.05, 4.69) is 31.0 Å². The Morgan fingerprint density at radius 3 is 2.18 bits per heavy atom. The second kappa shape index (κ2) is 11.4. The Hall–Kier alpha value is -1.67. The molecule has 1 heterocycles. The number of hydrogen-bond acceptors (Lipinski definition) is 5. The Balaban J connectivity index is 1.31. The third-order valence-corrected chi connectivity index (χ3v) is 8.75. The van der Waals surface area contributed by atoms with Crippen LogP contribution in [-0.2, 0) is 4.79 Å². The van der Waals surface area contributed by atoms with Gasteiger partial charge in [0.2, 0.25) is 11.1 Å². The molecule has 3 fully saturated rings. The van der Waals surface area contributed by atoms with Crippen LogP contribution in [0, 0.1) is 0 Å². The van der Waals surface area contributed by atoms with Crippen LogP contribution in [0.3, 0.4) is 0 Å². The molecule has 0 bridgehead atoms. The van der Waals surface area contributed by atoms with Crippen LogP contribution in [-0.4, -0.2) is 49.7 Å². The summed E-state index contributed by atoms with van der Waals surface area (Å²) in [5.74, 6) is 2.02. The summed E-state index contributed by atoms with van der Waals surface area (Å²) in [6.07, 6.45) is 16.4. The molecule has 5 rings (SSSR count). The zero-order valence-electron chi connectivity index (χ0n) is 19.7. The van der Waals surface area contributed by atoms with E-state index in [1.165, 1.54) is 50.3 Å². The molecule has 0 radical (unpaired) electrons. The van der Waals surface area contributed by atoms with E-state index in [9.17, 15) is 4.79 Å². The van der Waals surface area contributed by atoms with Gasteiger partial charge < -0.3 is 4.90 Å². The van der Waals surface area contributed by atoms with Gasteiger partial charge in [-0.05, 0) is 56.2 Å². The number of hydrogen-bond donors (Lipinski definition) is 0. The molecule has 34 heavy (non-hydrogen) atoms. The lowest BCUT2D eigenvalue weighted by Crippen LogP contribution is -2.49. The van der Waals surface area contributed by atoms with Gasteiger partial charge in [0.05, 0.1) is 12.0 Å². The molecule has 0 saturated heterocycles. The highest BCUT2D eigenvalue weighted by molar-refractivity contribution is 9.10. The minimum Gasteiger partial charge on any atom is -0.336 e. The predicted octanol–water partition coefficient (Wildman–Crippen LogP) is 6.39. The van der Waals surface area contributed by atoms with E-state index in [-0.39, 0.29) is 5.91 Å². The van der Waals surface area contributed by atoms with E-state index >= 15 is 0 Å². The average Bonchev–Trinajstić information content (AvgIpc) is 3.64. The summed E-state index contributed by atoms with van der Waals surface area (Å²) in [4.78, 5) is 15.9. The van der Waals surface area contributed by atoms with Gasteiger partial charge in [0, 0.05) is 22.5 Å². The minimum absolute atomic E-state index is 0.267. The van der Waals surface area contributed by atoms with Gasteiger partial charge in [0.1, 0.15) is 0 Å². The summed E-state index contributed by atoms with van der Waals surface area (Å²) >= 11 is 4.97. The first-order valence-corrected chi connectivity index (χ1v) is 14.7. The van der Waals surface area contributed by atoms with Crippen LogP contribution < -0.4 is 0 Å². The number of amides is 1. The lowest BCUT2D eigenvalue weighted by atomic mass is 9.88. The molecule has 2 aromatic rings. The molecule has 0 spiro atoms. The summed E-state index contributed by atoms with van der Waals surface area (Å²) in [6.45, 7) is 0. The van der Waals surface area contributed by atoms with Crippen molar-refractivity contribution >= 4 is 39.8 Å². The molecule has 3 aliphatic rings. The number of thioether (sulfide) groups is 1. The van der Waals surface area contributed by atoms with Gasteiger partial charge in [-0.15, -0.1) is 10.2 Å². The predicted molar refractivity (Wildman–Crippen MR) is 140 cm³/mol. The molecule has 3 aliphatic carbocycles. The molecule has 182 valence electrons. The van der Waals surface area contributed by atoms with Gasteiger partial charge in [-0.2, -0.15) is 9.78 Å². The highest BCUT2D eigenvalue weighted by atomic mass is 79.9. The lowest BCUT2D eigenvalue weighted by Gasteiger charge is -2.41. The van der Waals surface area contributed by atoms with Crippen molar-refractivity contribution in [2.24, 2.45) is 5.10 Å². The molecule has 1 amide bonds. The van der Waals surface area contributed by atoms with Crippen molar-refractivity contribution in [3.05, 3.63) is 40.1 Å². The van der Waals surface area contributed by atoms with Crippen molar-refractivity contribution in [2.75, 3.05) is 5.75 Å². The summed E-state index contributed by atoms with van der Waals surface area (Å²) in [5.41, 5.74) is 1.02. The van der Waals surface area contributed by atoms with E-state index in [0.717, 1.165) is 59.5 Å². The maximum Gasteiger partial charge on any atom is 0.233 e. The number of aromatic nitrogens is 3. The second-order valence-electron chi connectivity index (χ2n) is 9.90. The van der Waals surface area contributed by atoms with Crippen molar-refractivity contribution in [2.45, 2.75) is 100 Å². The first-order valence-electron chi connectivity index (χ1n) is 12.9.